The van der Waals surface area contributed by atoms with E-state index in [0.29, 0.717) is 29.1 Å². The van der Waals surface area contributed by atoms with E-state index in [-0.39, 0.29) is 36.6 Å². The molecular weight excluding hydrogens is 416 g/mol. The van der Waals surface area contributed by atoms with Crippen LogP contribution in [-0.4, -0.2) is 56.8 Å². The lowest BCUT2D eigenvalue weighted by atomic mass is 9.99. The number of carbonyl (C=O) groups excluding carboxylic acids is 2. The molecule has 1 N–H and O–H groups in total. The fraction of sp³-hybridized carbons (Fsp3) is 0.450. The molecule has 2 aliphatic rings. The maximum absolute atomic E-state index is 14.8. The molecule has 0 bridgehead atoms. The summed E-state index contributed by atoms with van der Waals surface area (Å²) in [6.45, 7) is 3.42. The van der Waals surface area contributed by atoms with Crippen molar-refractivity contribution in [1.29, 1.82) is 0 Å². The van der Waals surface area contributed by atoms with E-state index in [9.17, 15) is 18.4 Å². The number of fused-ring (bicyclic) bond motifs is 3. The highest BCUT2D eigenvalue weighted by atomic mass is 35.5. The van der Waals surface area contributed by atoms with Crippen LogP contribution in [-0.2, 0) is 19.5 Å². The predicted molar refractivity (Wildman–Crippen MR) is 108 cm³/mol. The Morgan fingerprint density at radius 2 is 2.10 bits per heavy atom. The lowest BCUT2D eigenvalue weighted by Gasteiger charge is -2.33. The van der Waals surface area contributed by atoms with Crippen molar-refractivity contribution in [2.24, 2.45) is 0 Å². The minimum absolute atomic E-state index is 0.0277. The van der Waals surface area contributed by atoms with Gasteiger partial charge in [0, 0.05) is 30.8 Å². The molecule has 0 unspecified atom stereocenters. The number of carbonyl (C=O) groups is 2. The molecule has 7 nitrogen and oxygen atoms in total. The lowest BCUT2D eigenvalue weighted by molar-refractivity contribution is 0.0680. The second-order valence-corrected chi connectivity index (χ2v) is 8.65. The van der Waals surface area contributed by atoms with E-state index in [4.69, 9.17) is 11.6 Å². The number of rotatable bonds is 1. The van der Waals surface area contributed by atoms with Crippen LogP contribution in [0.5, 0.6) is 0 Å². The first kappa shape index (κ1) is 20.6. The molecule has 1 aromatic carbocycles. The summed E-state index contributed by atoms with van der Waals surface area (Å²) in [6, 6.07) is 3.33. The molecule has 0 aliphatic carbocycles. The Hall–Kier alpha value is -2.68. The standard InChI is InChI=1S/C20H22ClF2N5O2/c1-11-6-16-13(17-18(29)26(3)9-20(2,23)10-28(17)25-16)8-27(11)19(30)24-12-4-5-15(22)14(21)7-12/h4-5,7,11H,6,8-10H2,1-3H3,(H,24,30)/t11-,20-/m1/s1. The van der Waals surface area contributed by atoms with Gasteiger partial charge in [-0.05, 0) is 32.0 Å². The lowest BCUT2D eigenvalue weighted by Crippen LogP contribution is -2.45. The monoisotopic (exact) mass is 437 g/mol. The molecule has 2 aromatic rings. The molecule has 3 heterocycles. The summed E-state index contributed by atoms with van der Waals surface area (Å²) >= 11 is 5.79. The van der Waals surface area contributed by atoms with Crippen LogP contribution in [0.25, 0.3) is 0 Å². The fourth-order valence-corrected chi connectivity index (χ4v) is 4.28. The van der Waals surface area contributed by atoms with Gasteiger partial charge in [0.1, 0.15) is 17.2 Å². The molecule has 30 heavy (non-hydrogen) atoms. The Bertz CT molecular complexity index is 1040. The Balaban J connectivity index is 1.63. The van der Waals surface area contributed by atoms with Gasteiger partial charge in [-0.25, -0.2) is 13.6 Å². The van der Waals surface area contributed by atoms with Gasteiger partial charge < -0.3 is 15.1 Å². The molecule has 10 heteroatoms. The molecule has 0 saturated heterocycles. The Kier molecular flexibility index (Phi) is 4.96. The van der Waals surface area contributed by atoms with E-state index in [2.05, 4.69) is 10.4 Å². The van der Waals surface area contributed by atoms with Crippen molar-refractivity contribution < 1.29 is 18.4 Å². The van der Waals surface area contributed by atoms with Gasteiger partial charge in [0.05, 0.1) is 30.4 Å². The van der Waals surface area contributed by atoms with Crippen molar-refractivity contribution in [3.05, 3.63) is 46.0 Å². The zero-order chi connectivity index (χ0) is 21.8. The van der Waals surface area contributed by atoms with E-state index in [0.717, 1.165) is 0 Å². The van der Waals surface area contributed by atoms with Crippen LogP contribution in [0.2, 0.25) is 5.02 Å². The number of aromatic nitrogens is 2. The maximum Gasteiger partial charge on any atom is 0.322 e. The molecule has 0 radical (unpaired) electrons. The summed E-state index contributed by atoms with van der Waals surface area (Å²) < 4.78 is 29.6. The van der Waals surface area contributed by atoms with Crippen LogP contribution in [0.4, 0.5) is 19.3 Å². The first-order chi connectivity index (χ1) is 14.1. The van der Waals surface area contributed by atoms with E-state index >= 15 is 0 Å². The topological polar surface area (TPSA) is 70.5 Å². The van der Waals surface area contributed by atoms with Crippen molar-refractivity contribution in [2.75, 3.05) is 18.9 Å². The Morgan fingerprint density at radius 3 is 2.80 bits per heavy atom. The molecule has 160 valence electrons. The van der Waals surface area contributed by atoms with Crippen LogP contribution >= 0.6 is 11.6 Å². The summed E-state index contributed by atoms with van der Waals surface area (Å²) in [5, 5.41) is 7.11. The molecule has 4 rings (SSSR count). The summed E-state index contributed by atoms with van der Waals surface area (Å²) in [4.78, 5) is 28.7. The second kappa shape index (κ2) is 7.23. The molecule has 0 spiro atoms. The maximum atomic E-state index is 14.8. The molecule has 0 fully saturated rings. The number of urea groups is 1. The van der Waals surface area contributed by atoms with E-state index < -0.39 is 17.5 Å². The minimum atomic E-state index is -1.60. The van der Waals surface area contributed by atoms with Gasteiger partial charge in [-0.15, -0.1) is 0 Å². The van der Waals surface area contributed by atoms with Gasteiger partial charge in [0.25, 0.3) is 5.91 Å². The van der Waals surface area contributed by atoms with Crippen LogP contribution < -0.4 is 5.32 Å². The third kappa shape index (κ3) is 3.62. The number of amides is 3. The first-order valence-corrected chi connectivity index (χ1v) is 9.99. The van der Waals surface area contributed by atoms with Crippen molar-refractivity contribution in [1.82, 2.24) is 19.6 Å². The van der Waals surface area contributed by atoms with E-state index in [1.165, 1.54) is 34.7 Å². The summed E-state index contributed by atoms with van der Waals surface area (Å²) in [6.07, 6.45) is 0.437. The average Bonchev–Trinajstić information content (AvgIpc) is 2.94. The number of benzene rings is 1. The second-order valence-electron chi connectivity index (χ2n) is 8.25. The smallest absolute Gasteiger partial charge is 0.322 e. The van der Waals surface area contributed by atoms with Gasteiger partial charge in [-0.3, -0.25) is 9.48 Å². The number of halogens is 3. The molecular formula is C20H22ClF2N5O2. The SMILES string of the molecule is C[C@@H]1Cc2nn3c(c2CN1C(=O)Nc1ccc(F)c(Cl)c1)C(=O)N(C)C[C@@](C)(F)C3. The van der Waals surface area contributed by atoms with Crippen LogP contribution in [0.15, 0.2) is 18.2 Å². The van der Waals surface area contributed by atoms with Gasteiger partial charge in [0.15, 0.2) is 0 Å². The number of nitrogens with one attached hydrogen (secondary N) is 1. The van der Waals surface area contributed by atoms with E-state index in [1.54, 1.807) is 11.9 Å². The average molecular weight is 438 g/mol. The van der Waals surface area contributed by atoms with Crippen LogP contribution in [0.3, 0.4) is 0 Å². The molecule has 3 amide bonds. The summed E-state index contributed by atoms with van der Waals surface area (Å²) in [5.41, 5.74) is 0.417. The first-order valence-electron chi connectivity index (χ1n) is 9.61. The molecule has 2 aliphatic heterocycles. The number of anilines is 1. The zero-order valence-corrected chi connectivity index (χ0v) is 17.6. The highest BCUT2D eigenvalue weighted by Crippen LogP contribution is 2.31. The third-order valence-electron chi connectivity index (χ3n) is 5.51. The van der Waals surface area contributed by atoms with Crippen molar-refractivity contribution in [2.45, 2.75) is 45.1 Å². The highest BCUT2D eigenvalue weighted by Gasteiger charge is 2.40. The normalized spacial score (nSPS) is 23.7. The predicted octanol–water partition coefficient (Wildman–Crippen LogP) is 3.47. The minimum Gasteiger partial charge on any atom is -0.337 e. The van der Waals surface area contributed by atoms with E-state index in [1.807, 2.05) is 6.92 Å². The molecule has 0 saturated carbocycles. The third-order valence-corrected chi connectivity index (χ3v) is 5.80. The largest absolute Gasteiger partial charge is 0.337 e. The van der Waals surface area contributed by atoms with Gasteiger partial charge in [-0.1, -0.05) is 11.6 Å². The highest BCUT2D eigenvalue weighted by molar-refractivity contribution is 6.31. The van der Waals surface area contributed by atoms with Crippen molar-refractivity contribution >= 4 is 29.2 Å². The Morgan fingerprint density at radius 1 is 1.37 bits per heavy atom. The van der Waals surface area contributed by atoms with Gasteiger partial charge in [0.2, 0.25) is 0 Å². The summed E-state index contributed by atoms with van der Waals surface area (Å²) in [5.74, 6) is -0.888. The fourth-order valence-electron chi connectivity index (χ4n) is 4.10. The van der Waals surface area contributed by atoms with Gasteiger partial charge >= 0.3 is 6.03 Å². The van der Waals surface area contributed by atoms with Crippen LogP contribution in [0.1, 0.15) is 35.6 Å². The van der Waals surface area contributed by atoms with Crippen molar-refractivity contribution in [3.63, 3.8) is 0 Å². The Labute approximate surface area is 177 Å². The molecule has 1 aromatic heterocycles. The van der Waals surface area contributed by atoms with Gasteiger partial charge in [-0.2, -0.15) is 5.10 Å². The quantitative estimate of drug-likeness (QED) is 0.742. The number of alkyl halides is 1. The number of hydrogen-bond acceptors (Lipinski definition) is 3. The van der Waals surface area contributed by atoms with Crippen molar-refractivity contribution in [3.8, 4) is 0 Å². The van der Waals surface area contributed by atoms with Crippen LogP contribution in [0, 0.1) is 5.82 Å². The summed E-state index contributed by atoms with van der Waals surface area (Å²) in [7, 11) is 1.56. The number of nitrogens with zero attached hydrogens (tertiary/aromatic N) is 4. The zero-order valence-electron chi connectivity index (χ0n) is 16.9. The molecule has 2 atom stereocenters. The number of hydrogen-bond donors (Lipinski definition) is 1.